The molecule has 2 nitrogen and oxygen atoms in total. The third kappa shape index (κ3) is 3.72. The third-order valence-electron chi connectivity index (χ3n) is 5.59. The minimum absolute atomic E-state index is 0.710. The van der Waals surface area contributed by atoms with Crippen LogP contribution in [0.3, 0.4) is 0 Å². The van der Waals surface area contributed by atoms with Gasteiger partial charge in [-0.1, -0.05) is 13.8 Å². The van der Waals surface area contributed by atoms with Crippen molar-refractivity contribution in [3.8, 4) is 0 Å². The van der Waals surface area contributed by atoms with Crippen LogP contribution in [0, 0.1) is 11.8 Å². The molecule has 1 aliphatic heterocycles. The quantitative estimate of drug-likeness (QED) is 0.770. The average Bonchev–Trinajstić information content (AvgIpc) is 2.38. The molecule has 2 aliphatic rings. The monoisotopic (exact) mass is 266 g/mol. The summed E-state index contributed by atoms with van der Waals surface area (Å²) in [4.78, 5) is 5.45. The molecule has 1 aliphatic carbocycles. The molecule has 2 rings (SSSR count). The van der Waals surface area contributed by atoms with E-state index in [2.05, 4.69) is 44.4 Å². The molecule has 2 fully saturated rings. The van der Waals surface area contributed by atoms with Crippen LogP contribution in [0.5, 0.6) is 0 Å². The van der Waals surface area contributed by atoms with Gasteiger partial charge < -0.3 is 0 Å². The summed E-state index contributed by atoms with van der Waals surface area (Å²) in [5, 5.41) is 0. The zero-order valence-electron chi connectivity index (χ0n) is 13.7. The molecule has 0 aromatic heterocycles. The van der Waals surface area contributed by atoms with Crippen LogP contribution < -0.4 is 0 Å². The molecule has 112 valence electrons. The van der Waals surface area contributed by atoms with Gasteiger partial charge in [0, 0.05) is 37.8 Å². The molecule has 0 aromatic carbocycles. The van der Waals surface area contributed by atoms with E-state index in [0.717, 1.165) is 23.9 Å². The van der Waals surface area contributed by atoms with Crippen LogP contribution in [0.1, 0.15) is 60.3 Å². The van der Waals surface area contributed by atoms with Crippen molar-refractivity contribution in [3.63, 3.8) is 0 Å². The highest BCUT2D eigenvalue weighted by Gasteiger charge is 2.33. The fraction of sp³-hybridized carbons (Fsp3) is 1.00. The summed E-state index contributed by atoms with van der Waals surface area (Å²) < 4.78 is 0. The molecule has 0 aromatic rings. The second-order valence-electron chi connectivity index (χ2n) is 7.49. The van der Waals surface area contributed by atoms with Crippen LogP contribution in [0.15, 0.2) is 0 Å². The molecule has 1 heterocycles. The first-order chi connectivity index (χ1) is 8.99. The number of rotatable bonds is 3. The van der Waals surface area contributed by atoms with E-state index >= 15 is 0 Å². The average molecular weight is 266 g/mol. The summed E-state index contributed by atoms with van der Waals surface area (Å²) in [7, 11) is 0. The Labute approximate surface area is 120 Å². The smallest absolute Gasteiger partial charge is 0.0198 e. The summed E-state index contributed by atoms with van der Waals surface area (Å²) in [6.45, 7) is 15.7. The van der Waals surface area contributed by atoms with Gasteiger partial charge in [0.2, 0.25) is 0 Å². The summed E-state index contributed by atoms with van der Waals surface area (Å²) in [5.74, 6) is 1.87. The third-order valence-corrected chi connectivity index (χ3v) is 5.59. The van der Waals surface area contributed by atoms with Crippen molar-refractivity contribution in [3.05, 3.63) is 0 Å². The highest BCUT2D eigenvalue weighted by molar-refractivity contribution is 4.88. The first-order valence-corrected chi connectivity index (χ1v) is 8.48. The van der Waals surface area contributed by atoms with Crippen LogP contribution in [0.2, 0.25) is 0 Å². The van der Waals surface area contributed by atoms with E-state index in [1.807, 2.05) is 0 Å². The van der Waals surface area contributed by atoms with Crippen molar-refractivity contribution in [1.29, 1.82) is 0 Å². The van der Waals surface area contributed by atoms with Crippen molar-refractivity contribution in [2.75, 3.05) is 19.6 Å². The lowest BCUT2D eigenvalue weighted by Crippen LogP contribution is -2.57. The predicted octanol–water partition coefficient (Wildman–Crippen LogP) is 3.62. The van der Waals surface area contributed by atoms with Crippen molar-refractivity contribution < 1.29 is 0 Å². The Bertz CT molecular complexity index is 266. The molecule has 0 N–H and O–H groups in total. The van der Waals surface area contributed by atoms with Gasteiger partial charge in [0.1, 0.15) is 0 Å². The Morgan fingerprint density at radius 1 is 0.895 bits per heavy atom. The number of hydrogen-bond donors (Lipinski definition) is 0. The SMILES string of the molecule is CC(C)C1CCC(N2CCN(C(C)C)C[C@@H]2C)CC1. The first kappa shape index (κ1) is 15.3. The van der Waals surface area contributed by atoms with E-state index in [9.17, 15) is 0 Å². The van der Waals surface area contributed by atoms with E-state index in [1.54, 1.807) is 0 Å². The molecule has 0 amide bonds. The zero-order valence-corrected chi connectivity index (χ0v) is 13.7. The molecule has 19 heavy (non-hydrogen) atoms. The van der Waals surface area contributed by atoms with Crippen LogP contribution in [0.4, 0.5) is 0 Å². The maximum absolute atomic E-state index is 2.81. The Hall–Kier alpha value is -0.0800. The van der Waals surface area contributed by atoms with Crippen LogP contribution in [-0.2, 0) is 0 Å². The Balaban J connectivity index is 1.84. The van der Waals surface area contributed by atoms with Gasteiger partial charge in [0.15, 0.2) is 0 Å². The summed E-state index contributed by atoms with van der Waals surface area (Å²) in [5.41, 5.74) is 0. The van der Waals surface area contributed by atoms with Gasteiger partial charge in [-0.15, -0.1) is 0 Å². The largest absolute Gasteiger partial charge is 0.298 e. The van der Waals surface area contributed by atoms with Crippen molar-refractivity contribution in [2.45, 2.75) is 78.4 Å². The number of nitrogens with zero attached hydrogens (tertiary/aromatic N) is 2. The summed E-state index contributed by atoms with van der Waals surface area (Å²) in [6, 6.07) is 2.33. The maximum atomic E-state index is 2.81. The maximum Gasteiger partial charge on any atom is 0.0198 e. The van der Waals surface area contributed by atoms with Gasteiger partial charge in [0.05, 0.1) is 0 Å². The number of piperazine rings is 1. The molecule has 1 saturated carbocycles. The molecule has 0 bridgehead atoms. The molecule has 0 radical (unpaired) electrons. The lowest BCUT2D eigenvalue weighted by Gasteiger charge is -2.47. The lowest BCUT2D eigenvalue weighted by atomic mass is 9.79. The summed E-state index contributed by atoms with van der Waals surface area (Å²) in [6.07, 6.45) is 5.79. The minimum Gasteiger partial charge on any atom is -0.298 e. The number of hydrogen-bond acceptors (Lipinski definition) is 2. The van der Waals surface area contributed by atoms with Gasteiger partial charge >= 0.3 is 0 Å². The highest BCUT2D eigenvalue weighted by atomic mass is 15.3. The molecule has 2 heteroatoms. The zero-order chi connectivity index (χ0) is 14.0. The van der Waals surface area contributed by atoms with Crippen molar-refractivity contribution >= 4 is 0 Å². The van der Waals surface area contributed by atoms with Crippen molar-refractivity contribution in [2.24, 2.45) is 11.8 Å². The topological polar surface area (TPSA) is 6.48 Å². The molecule has 1 saturated heterocycles. The Morgan fingerprint density at radius 3 is 2.00 bits per heavy atom. The molecular formula is C17H34N2. The van der Waals surface area contributed by atoms with Crippen LogP contribution >= 0.6 is 0 Å². The molecule has 0 spiro atoms. The fourth-order valence-corrected chi connectivity index (χ4v) is 4.11. The standard InChI is InChI=1S/C17H34N2/c1-13(2)16-6-8-17(9-7-16)19-11-10-18(14(3)4)12-15(19)5/h13-17H,6-12H2,1-5H3/t15-,16?,17?/m0/s1. The van der Waals surface area contributed by atoms with Gasteiger partial charge in [-0.25, -0.2) is 0 Å². The van der Waals surface area contributed by atoms with Gasteiger partial charge in [-0.3, -0.25) is 9.80 Å². The van der Waals surface area contributed by atoms with E-state index in [-0.39, 0.29) is 0 Å². The molecule has 0 unspecified atom stereocenters. The van der Waals surface area contributed by atoms with Crippen molar-refractivity contribution in [1.82, 2.24) is 9.80 Å². The molecule has 1 atom stereocenters. The van der Waals surface area contributed by atoms with Gasteiger partial charge in [-0.2, -0.15) is 0 Å². The fourth-order valence-electron chi connectivity index (χ4n) is 4.11. The van der Waals surface area contributed by atoms with E-state index in [4.69, 9.17) is 0 Å². The molecular weight excluding hydrogens is 232 g/mol. The second kappa shape index (κ2) is 6.58. The van der Waals surface area contributed by atoms with Gasteiger partial charge in [-0.05, 0) is 58.3 Å². The van der Waals surface area contributed by atoms with E-state index in [1.165, 1.54) is 45.3 Å². The van der Waals surface area contributed by atoms with E-state index < -0.39 is 0 Å². The highest BCUT2D eigenvalue weighted by Crippen LogP contribution is 2.33. The predicted molar refractivity (Wildman–Crippen MR) is 83.5 cm³/mol. The Morgan fingerprint density at radius 2 is 1.53 bits per heavy atom. The Kier molecular flexibility index (Phi) is 5.30. The second-order valence-corrected chi connectivity index (χ2v) is 7.49. The first-order valence-electron chi connectivity index (χ1n) is 8.48. The van der Waals surface area contributed by atoms with Crippen LogP contribution in [-0.4, -0.2) is 47.6 Å². The normalized spacial score (nSPS) is 35.2. The minimum atomic E-state index is 0.710. The van der Waals surface area contributed by atoms with E-state index in [0.29, 0.717) is 6.04 Å². The van der Waals surface area contributed by atoms with Crippen LogP contribution in [0.25, 0.3) is 0 Å². The summed E-state index contributed by atoms with van der Waals surface area (Å²) >= 11 is 0. The van der Waals surface area contributed by atoms with Gasteiger partial charge in [0.25, 0.3) is 0 Å². The lowest BCUT2D eigenvalue weighted by molar-refractivity contribution is 0.0152.